The van der Waals surface area contributed by atoms with Crippen LogP contribution < -0.4 is 0 Å². The van der Waals surface area contributed by atoms with Gasteiger partial charge in [-0.1, -0.05) is 45.0 Å². The summed E-state index contributed by atoms with van der Waals surface area (Å²) >= 11 is 0. The minimum atomic E-state index is 0. The predicted octanol–water partition coefficient (Wildman–Crippen LogP) is 4.64. The number of halogens is 1. The van der Waals surface area contributed by atoms with Gasteiger partial charge in [0, 0.05) is 26.2 Å². The fourth-order valence-corrected chi connectivity index (χ4v) is 3.56. The van der Waals surface area contributed by atoms with Gasteiger partial charge in [0.05, 0.1) is 5.92 Å². The summed E-state index contributed by atoms with van der Waals surface area (Å²) in [5, 5.41) is 0. The Kier molecular flexibility index (Phi) is 8.62. The van der Waals surface area contributed by atoms with Gasteiger partial charge in [0.15, 0.2) is 0 Å². The largest absolute Gasteiger partial charge is 0.343 e. The molecule has 25 heavy (non-hydrogen) atoms. The first-order valence-electron chi connectivity index (χ1n) is 9.45. The molecular weight excluding hydrogens is 376 g/mol. The summed E-state index contributed by atoms with van der Waals surface area (Å²) in [6.07, 6.45) is 2.16. The van der Waals surface area contributed by atoms with Crippen molar-refractivity contribution in [3.63, 3.8) is 0 Å². The van der Waals surface area contributed by atoms with Crippen molar-refractivity contribution in [2.75, 3.05) is 26.2 Å². The second-order valence-corrected chi connectivity index (χ2v) is 8.03. The van der Waals surface area contributed by atoms with Crippen molar-refractivity contribution in [3.05, 3.63) is 35.4 Å². The average molecular weight is 411 g/mol. The van der Waals surface area contributed by atoms with Crippen LogP contribution in [-0.2, 0) is 16.8 Å². The Morgan fingerprint density at radius 2 is 1.76 bits per heavy atom. The first kappa shape index (κ1) is 22.2. The highest BCUT2D eigenvalue weighted by atomic mass is 79.9. The van der Waals surface area contributed by atoms with Crippen LogP contribution in [0.3, 0.4) is 0 Å². The molecule has 0 saturated carbocycles. The summed E-state index contributed by atoms with van der Waals surface area (Å²) in [4.78, 5) is 17.0. The van der Waals surface area contributed by atoms with E-state index >= 15 is 0 Å². The molecule has 1 atom stereocenters. The van der Waals surface area contributed by atoms with Gasteiger partial charge in [0.2, 0.25) is 5.91 Å². The molecule has 1 fully saturated rings. The maximum Gasteiger partial charge on any atom is 0.226 e. The van der Waals surface area contributed by atoms with Crippen molar-refractivity contribution in [1.82, 2.24) is 9.80 Å². The van der Waals surface area contributed by atoms with Crippen LogP contribution in [-0.4, -0.2) is 41.9 Å². The molecule has 0 spiro atoms. The van der Waals surface area contributed by atoms with Crippen LogP contribution in [0.25, 0.3) is 0 Å². The Morgan fingerprint density at radius 3 is 2.28 bits per heavy atom. The molecule has 1 heterocycles. The number of hydrogen-bond donors (Lipinski definition) is 0. The van der Waals surface area contributed by atoms with E-state index in [1.165, 1.54) is 11.1 Å². The number of likely N-dealkylation sites (tertiary alicyclic amines) is 1. The quantitative estimate of drug-likeness (QED) is 0.705. The molecule has 0 bridgehead atoms. The van der Waals surface area contributed by atoms with Gasteiger partial charge in [-0.2, -0.15) is 0 Å². The summed E-state index contributed by atoms with van der Waals surface area (Å²) in [5.74, 6) is 0.514. The van der Waals surface area contributed by atoms with Gasteiger partial charge >= 0.3 is 0 Å². The van der Waals surface area contributed by atoms with Crippen LogP contribution in [0, 0.1) is 5.92 Å². The fraction of sp³-hybridized carbons (Fsp3) is 0.667. The summed E-state index contributed by atoms with van der Waals surface area (Å²) in [6, 6.07) is 8.99. The maximum absolute atomic E-state index is 12.6. The molecule has 1 aliphatic heterocycles. The molecule has 3 nitrogen and oxygen atoms in total. The second-order valence-electron chi connectivity index (χ2n) is 8.03. The van der Waals surface area contributed by atoms with E-state index in [0.717, 1.165) is 45.6 Å². The number of carbonyl (C=O) groups excluding carboxylic acids is 1. The monoisotopic (exact) mass is 410 g/mol. The normalized spacial score (nSPS) is 18.5. The van der Waals surface area contributed by atoms with Crippen LogP contribution >= 0.6 is 17.0 Å². The molecule has 1 unspecified atom stereocenters. The van der Waals surface area contributed by atoms with Gasteiger partial charge in [-0.3, -0.25) is 9.69 Å². The third-order valence-corrected chi connectivity index (χ3v) is 5.16. The summed E-state index contributed by atoms with van der Waals surface area (Å²) in [7, 11) is 0. The van der Waals surface area contributed by atoms with Gasteiger partial charge < -0.3 is 4.90 Å². The molecule has 1 saturated heterocycles. The molecule has 0 aliphatic carbocycles. The second kappa shape index (κ2) is 9.72. The number of piperidine rings is 1. The molecule has 142 valence electrons. The highest BCUT2D eigenvalue weighted by Crippen LogP contribution is 2.24. The lowest BCUT2D eigenvalue weighted by atomic mass is 9.86. The standard InChI is InChI=1S/C21H34N2O.BrH/c1-6-23(7-2)20(24)18-9-8-14-22(16-18)15-17-10-12-19(13-11-17)21(3,4)5;/h10-13,18H,6-9,14-16H2,1-5H3;1H. The van der Waals surface area contributed by atoms with Crippen molar-refractivity contribution >= 4 is 22.9 Å². The number of nitrogens with zero attached hydrogens (tertiary/aromatic N) is 2. The number of rotatable bonds is 5. The van der Waals surface area contributed by atoms with E-state index in [9.17, 15) is 4.79 Å². The van der Waals surface area contributed by atoms with E-state index in [2.05, 4.69) is 63.8 Å². The third kappa shape index (κ3) is 6.10. The zero-order valence-corrected chi connectivity index (χ0v) is 18.3. The number of carbonyl (C=O) groups is 1. The predicted molar refractivity (Wildman–Crippen MR) is 111 cm³/mol. The van der Waals surface area contributed by atoms with Gasteiger partial charge in [0.25, 0.3) is 0 Å². The SMILES string of the molecule is Br.CCN(CC)C(=O)C1CCCN(Cc2ccc(C(C)(C)C)cc2)C1. The van der Waals surface area contributed by atoms with Gasteiger partial charge in [-0.15, -0.1) is 17.0 Å². The smallest absolute Gasteiger partial charge is 0.226 e. The van der Waals surface area contributed by atoms with E-state index < -0.39 is 0 Å². The zero-order chi connectivity index (χ0) is 17.7. The van der Waals surface area contributed by atoms with E-state index in [-0.39, 0.29) is 28.3 Å². The van der Waals surface area contributed by atoms with Crippen LogP contribution in [0.2, 0.25) is 0 Å². The van der Waals surface area contributed by atoms with E-state index in [1.807, 2.05) is 4.90 Å². The van der Waals surface area contributed by atoms with Crippen molar-refractivity contribution in [1.29, 1.82) is 0 Å². The van der Waals surface area contributed by atoms with Crippen molar-refractivity contribution in [2.45, 2.75) is 59.4 Å². The molecule has 0 radical (unpaired) electrons. The minimum Gasteiger partial charge on any atom is -0.343 e. The van der Waals surface area contributed by atoms with Crippen LogP contribution in [0.5, 0.6) is 0 Å². The zero-order valence-electron chi connectivity index (χ0n) is 16.5. The number of hydrogen-bond acceptors (Lipinski definition) is 2. The van der Waals surface area contributed by atoms with Crippen molar-refractivity contribution in [2.24, 2.45) is 5.92 Å². The van der Waals surface area contributed by atoms with Crippen molar-refractivity contribution in [3.8, 4) is 0 Å². The molecular formula is C21H35BrN2O. The topological polar surface area (TPSA) is 23.6 Å². The lowest BCUT2D eigenvalue weighted by Crippen LogP contribution is -2.44. The fourth-order valence-electron chi connectivity index (χ4n) is 3.56. The Balaban J connectivity index is 0.00000312. The van der Waals surface area contributed by atoms with E-state index in [4.69, 9.17) is 0 Å². The highest BCUT2D eigenvalue weighted by molar-refractivity contribution is 8.93. The first-order valence-corrected chi connectivity index (χ1v) is 9.45. The molecule has 0 aromatic heterocycles. The molecule has 1 aliphatic rings. The first-order chi connectivity index (χ1) is 11.3. The lowest BCUT2D eigenvalue weighted by molar-refractivity contribution is -0.137. The molecule has 1 aromatic carbocycles. The summed E-state index contributed by atoms with van der Waals surface area (Å²) in [5.41, 5.74) is 2.92. The Labute approximate surface area is 164 Å². The molecule has 1 aromatic rings. The Bertz CT molecular complexity index is 532. The Hall–Kier alpha value is -0.870. The lowest BCUT2D eigenvalue weighted by Gasteiger charge is -2.34. The maximum atomic E-state index is 12.6. The van der Waals surface area contributed by atoms with E-state index in [0.29, 0.717) is 5.91 Å². The van der Waals surface area contributed by atoms with Gasteiger partial charge in [-0.25, -0.2) is 0 Å². The molecule has 4 heteroatoms. The van der Waals surface area contributed by atoms with Crippen molar-refractivity contribution < 1.29 is 4.79 Å². The average Bonchev–Trinajstić information content (AvgIpc) is 2.56. The number of amides is 1. The third-order valence-electron chi connectivity index (χ3n) is 5.16. The van der Waals surface area contributed by atoms with Crippen LogP contribution in [0.4, 0.5) is 0 Å². The van der Waals surface area contributed by atoms with Crippen LogP contribution in [0.1, 0.15) is 58.6 Å². The molecule has 2 rings (SSSR count). The van der Waals surface area contributed by atoms with Gasteiger partial charge in [-0.05, 0) is 49.8 Å². The molecule has 0 N–H and O–H groups in total. The minimum absolute atomic E-state index is 0. The Morgan fingerprint density at radius 1 is 1.16 bits per heavy atom. The van der Waals surface area contributed by atoms with Gasteiger partial charge in [0.1, 0.15) is 0 Å². The van der Waals surface area contributed by atoms with Crippen LogP contribution in [0.15, 0.2) is 24.3 Å². The summed E-state index contributed by atoms with van der Waals surface area (Å²) < 4.78 is 0. The summed E-state index contributed by atoms with van der Waals surface area (Å²) in [6.45, 7) is 15.5. The highest BCUT2D eigenvalue weighted by Gasteiger charge is 2.28. The molecule has 1 amide bonds. The number of benzene rings is 1. The van der Waals surface area contributed by atoms with E-state index in [1.54, 1.807) is 0 Å².